The molecule has 0 spiro atoms. The molecule has 0 saturated heterocycles. The van der Waals surface area contributed by atoms with Crippen molar-refractivity contribution in [3.8, 4) is 0 Å². The van der Waals surface area contributed by atoms with Crippen molar-refractivity contribution in [1.29, 1.82) is 0 Å². The molecule has 19 heavy (non-hydrogen) atoms. The standard InChI is InChI=1S/C13H12F4N2/c1-3-18-9-6-10(13(15,16)17)19-12-7(2)4-5-8(14)11(9)12/h4-6H,3H2,1-2H3,(H,18,19). The lowest BCUT2D eigenvalue weighted by Crippen LogP contribution is -2.11. The van der Waals surface area contributed by atoms with Crippen LogP contribution in [0.3, 0.4) is 0 Å². The minimum Gasteiger partial charge on any atom is -0.385 e. The Balaban J connectivity index is 2.83. The third kappa shape index (κ3) is 2.47. The summed E-state index contributed by atoms with van der Waals surface area (Å²) in [5.74, 6) is -0.585. The molecule has 0 bridgehead atoms. The molecule has 2 aromatic rings. The molecule has 0 saturated carbocycles. The number of pyridine rings is 1. The number of nitrogens with zero attached hydrogens (tertiary/aromatic N) is 1. The number of rotatable bonds is 2. The third-order valence-electron chi connectivity index (χ3n) is 2.77. The van der Waals surface area contributed by atoms with Crippen molar-refractivity contribution in [2.45, 2.75) is 20.0 Å². The van der Waals surface area contributed by atoms with E-state index in [0.717, 1.165) is 6.07 Å². The van der Waals surface area contributed by atoms with Gasteiger partial charge >= 0.3 is 6.18 Å². The topological polar surface area (TPSA) is 24.9 Å². The van der Waals surface area contributed by atoms with E-state index in [4.69, 9.17) is 0 Å². The minimum absolute atomic E-state index is 0.0331. The molecule has 0 unspecified atom stereocenters. The van der Waals surface area contributed by atoms with Crippen LogP contribution in [0.25, 0.3) is 10.9 Å². The van der Waals surface area contributed by atoms with Gasteiger partial charge in [0.05, 0.1) is 10.9 Å². The Morgan fingerprint density at radius 1 is 1.26 bits per heavy atom. The summed E-state index contributed by atoms with van der Waals surface area (Å²) in [5.41, 5.74) is -0.377. The molecule has 1 N–H and O–H groups in total. The fourth-order valence-electron chi connectivity index (χ4n) is 1.91. The Kier molecular flexibility index (Phi) is 3.34. The van der Waals surface area contributed by atoms with Crippen LogP contribution < -0.4 is 5.32 Å². The number of hydrogen-bond donors (Lipinski definition) is 1. The van der Waals surface area contributed by atoms with Crippen LogP contribution >= 0.6 is 0 Å². The fourth-order valence-corrected chi connectivity index (χ4v) is 1.91. The quantitative estimate of drug-likeness (QED) is 0.831. The van der Waals surface area contributed by atoms with Gasteiger partial charge in [0.15, 0.2) is 0 Å². The summed E-state index contributed by atoms with van der Waals surface area (Å²) in [6.45, 7) is 3.72. The van der Waals surface area contributed by atoms with Crippen LogP contribution in [0.15, 0.2) is 18.2 Å². The van der Waals surface area contributed by atoms with Gasteiger partial charge in [0.1, 0.15) is 11.5 Å². The van der Waals surface area contributed by atoms with Gasteiger partial charge in [-0.25, -0.2) is 9.37 Å². The summed E-state index contributed by atoms with van der Waals surface area (Å²) in [4.78, 5) is 3.54. The van der Waals surface area contributed by atoms with Crippen molar-refractivity contribution < 1.29 is 17.6 Å². The molecule has 102 valence electrons. The van der Waals surface area contributed by atoms with E-state index in [1.165, 1.54) is 12.1 Å². The Hall–Kier alpha value is -1.85. The first kappa shape index (κ1) is 13.6. The van der Waals surface area contributed by atoms with E-state index in [1.807, 2.05) is 0 Å². The van der Waals surface area contributed by atoms with Crippen molar-refractivity contribution in [3.63, 3.8) is 0 Å². The number of halogens is 4. The van der Waals surface area contributed by atoms with E-state index in [-0.39, 0.29) is 16.6 Å². The molecule has 1 aromatic carbocycles. The summed E-state index contributed by atoms with van der Waals surface area (Å²) >= 11 is 0. The van der Waals surface area contributed by atoms with E-state index in [2.05, 4.69) is 10.3 Å². The van der Waals surface area contributed by atoms with Gasteiger partial charge in [-0.15, -0.1) is 0 Å². The van der Waals surface area contributed by atoms with Crippen molar-refractivity contribution in [2.75, 3.05) is 11.9 Å². The van der Waals surface area contributed by atoms with Crippen molar-refractivity contribution in [3.05, 3.63) is 35.3 Å². The summed E-state index contributed by atoms with van der Waals surface area (Å²) in [6.07, 6.45) is -4.56. The molecular formula is C13H12F4N2. The van der Waals surface area contributed by atoms with Gasteiger partial charge in [0.2, 0.25) is 0 Å². The Morgan fingerprint density at radius 2 is 1.95 bits per heavy atom. The number of nitrogens with one attached hydrogen (secondary N) is 1. The Bertz CT molecular complexity index is 620. The average molecular weight is 272 g/mol. The lowest BCUT2D eigenvalue weighted by Gasteiger charge is -2.14. The maximum absolute atomic E-state index is 13.8. The van der Waals surface area contributed by atoms with Gasteiger partial charge in [-0.05, 0) is 31.5 Å². The summed E-state index contributed by atoms with van der Waals surface area (Å²) in [7, 11) is 0. The van der Waals surface area contributed by atoms with Crippen molar-refractivity contribution in [2.24, 2.45) is 0 Å². The highest BCUT2D eigenvalue weighted by atomic mass is 19.4. The molecule has 2 nitrogen and oxygen atoms in total. The minimum atomic E-state index is -4.56. The summed E-state index contributed by atoms with van der Waals surface area (Å²) < 4.78 is 52.2. The number of hydrogen-bond acceptors (Lipinski definition) is 2. The zero-order valence-electron chi connectivity index (χ0n) is 10.4. The number of benzene rings is 1. The molecule has 0 aliphatic heterocycles. The van der Waals surface area contributed by atoms with Crippen LogP contribution in [0.4, 0.5) is 23.2 Å². The van der Waals surface area contributed by atoms with E-state index in [1.54, 1.807) is 13.8 Å². The second kappa shape index (κ2) is 4.68. The highest BCUT2D eigenvalue weighted by molar-refractivity contribution is 5.94. The number of aromatic nitrogens is 1. The van der Waals surface area contributed by atoms with Crippen molar-refractivity contribution in [1.82, 2.24) is 4.98 Å². The number of fused-ring (bicyclic) bond motifs is 1. The molecule has 0 amide bonds. The molecule has 0 fully saturated rings. The van der Waals surface area contributed by atoms with E-state index in [0.29, 0.717) is 12.1 Å². The first-order chi connectivity index (χ1) is 8.84. The zero-order valence-corrected chi connectivity index (χ0v) is 10.4. The molecule has 0 aliphatic carbocycles. The molecule has 2 rings (SSSR count). The monoisotopic (exact) mass is 272 g/mol. The van der Waals surface area contributed by atoms with E-state index < -0.39 is 17.7 Å². The molecule has 0 aliphatic rings. The Morgan fingerprint density at radius 3 is 2.53 bits per heavy atom. The van der Waals surface area contributed by atoms with E-state index in [9.17, 15) is 17.6 Å². The smallest absolute Gasteiger partial charge is 0.385 e. The normalized spacial score (nSPS) is 11.9. The molecule has 6 heteroatoms. The van der Waals surface area contributed by atoms with Gasteiger partial charge in [-0.1, -0.05) is 6.07 Å². The van der Waals surface area contributed by atoms with Gasteiger partial charge in [-0.3, -0.25) is 0 Å². The largest absolute Gasteiger partial charge is 0.433 e. The maximum Gasteiger partial charge on any atom is 0.433 e. The zero-order chi connectivity index (χ0) is 14.2. The van der Waals surface area contributed by atoms with Crippen LogP contribution in [-0.4, -0.2) is 11.5 Å². The lowest BCUT2D eigenvalue weighted by atomic mass is 10.1. The van der Waals surface area contributed by atoms with Gasteiger partial charge in [0, 0.05) is 12.2 Å². The summed E-state index contributed by atoms with van der Waals surface area (Å²) in [5, 5.41) is 2.84. The van der Waals surface area contributed by atoms with Gasteiger partial charge in [-0.2, -0.15) is 13.2 Å². The fraction of sp³-hybridized carbons (Fsp3) is 0.308. The van der Waals surface area contributed by atoms with Gasteiger partial charge < -0.3 is 5.32 Å². The molecule has 1 aromatic heterocycles. The van der Waals surface area contributed by atoms with Crippen LogP contribution in [0.5, 0.6) is 0 Å². The molecule has 0 radical (unpaired) electrons. The maximum atomic E-state index is 13.8. The first-order valence-electron chi connectivity index (χ1n) is 5.75. The summed E-state index contributed by atoms with van der Waals surface area (Å²) in [6, 6.07) is 3.49. The highest BCUT2D eigenvalue weighted by Crippen LogP contribution is 2.34. The second-order valence-electron chi connectivity index (χ2n) is 4.17. The number of anilines is 1. The predicted molar refractivity (Wildman–Crippen MR) is 65.6 cm³/mol. The lowest BCUT2D eigenvalue weighted by molar-refractivity contribution is -0.140. The van der Waals surface area contributed by atoms with Crippen LogP contribution in [0, 0.1) is 12.7 Å². The third-order valence-corrected chi connectivity index (χ3v) is 2.77. The first-order valence-corrected chi connectivity index (χ1v) is 5.75. The number of alkyl halides is 3. The molecule has 0 atom stereocenters. The van der Waals surface area contributed by atoms with Crippen molar-refractivity contribution >= 4 is 16.6 Å². The van der Waals surface area contributed by atoms with Crippen LogP contribution in [0.2, 0.25) is 0 Å². The van der Waals surface area contributed by atoms with Crippen LogP contribution in [-0.2, 0) is 6.18 Å². The van der Waals surface area contributed by atoms with E-state index >= 15 is 0 Å². The SMILES string of the molecule is CCNc1cc(C(F)(F)F)nc2c(C)ccc(F)c12. The Labute approximate surface area is 107 Å². The average Bonchev–Trinajstić information content (AvgIpc) is 2.33. The predicted octanol–water partition coefficient (Wildman–Crippen LogP) is 4.13. The van der Waals surface area contributed by atoms with Crippen LogP contribution in [0.1, 0.15) is 18.2 Å². The van der Waals surface area contributed by atoms with Gasteiger partial charge in [0.25, 0.3) is 0 Å². The highest BCUT2D eigenvalue weighted by Gasteiger charge is 2.33. The molecule has 1 heterocycles. The second-order valence-corrected chi connectivity index (χ2v) is 4.17. The molecular weight excluding hydrogens is 260 g/mol. The number of aryl methyl sites for hydroxylation is 1.